The van der Waals surface area contributed by atoms with Gasteiger partial charge in [0.2, 0.25) is 5.91 Å². The molecule has 4 aromatic carbocycles. The SMILES string of the molecule is COc1cc(N=Nc2ccc(S(=O)(=O)CCOS(=O)(=O)O)cc2S(=O)(=O)O)c(NC(C)=O)cc1N=Nc1cc(S(=O)(=O)O)c(N)c(N=Nc2cc(C)ccc2OC)c1N. The van der Waals surface area contributed by atoms with Crippen molar-refractivity contribution in [3.05, 3.63) is 60.2 Å². The van der Waals surface area contributed by atoms with Crippen LogP contribution in [0.5, 0.6) is 11.5 Å². The highest BCUT2D eigenvalue weighted by atomic mass is 32.3. The monoisotopic (exact) mass is 899 g/mol. The third-order valence-electron chi connectivity index (χ3n) is 7.48. The summed E-state index contributed by atoms with van der Waals surface area (Å²) >= 11 is 0. The summed E-state index contributed by atoms with van der Waals surface area (Å²) < 4.78 is 139. The highest BCUT2D eigenvalue weighted by molar-refractivity contribution is 7.91. The topological polar surface area (TPSA) is 380 Å². The van der Waals surface area contributed by atoms with Crippen LogP contribution in [0.4, 0.5) is 51.2 Å². The maximum Gasteiger partial charge on any atom is 0.397 e. The van der Waals surface area contributed by atoms with Gasteiger partial charge >= 0.3 is 10.4 Å². The van der Waals surface area contributed by atoms with E-state index in [-0.39, 0.29) is 39.9 Å². The van der Waals surface area contributed by atoms with Gasteiger partial charge in [-0.05, 0) is 55.0 Å². The Hall–Kier alpha value is -6.01. The standard InChI is InChI=1S/C31H33N9O15S4/c1-16-5-8-25(53-3)22(11-16)38-40-31-29(32)24(15-28(30(31)33)58(47,48)49)39-37-23-13-20(34-17(2)41)21(14-26(23)54-4)36-35-19-7-6-18(12-27(19)57(44,45)46)56(42,43)10-9-55-59(50,51)52/h5-8,11-15H,9-10,32-33H2,1-4H3,(H,34,41)(H,44,45,46)(H,47,48,49)(H,50,51,52). The maximum atomic E-state index is 12.7. The zero-order chi connectivity index (χ0) is 44.1. The van der Waals surface area contributed by atoms with Crippen molar-refractivity contribution >= 4 is 97.6 Å². The minimum atomic E-state index is -5.19. The highest BCUT2D eigenvalue weighted by Crippen LogP contribution is 2.45. The van der Waals surface area contributed by atoms with Crippen LogP contribution in [0.1, 0.15) is 12.5 Å². The molecule has 316 valence electrons. The number of hydrogen-bond donors (Lipinski definition) is 6. The van der Waals surface area contributed by atoms with E-state index in [0.29, 0.717) is 11.8 Å². The molecule has 0 aliphatic rings. The molecule has 0 aliphatic carbocycles. The lowest BCUT2D eigenvalue weighted by Gasteiger charge is -2.12. The van der Waals surface area contributed by atoms with Gasteiger partial charge in [0.25, 0.3) is 20.2 Å². The van der Waals surface area contributed by atoms with Gasteiger partial charge in [0, 0.05) is 13.0 Å². The fraction of sp³-hybridized carbons (Fsp3) is 0.194. The molecule has 1 amide bonds. The first kappa shape index (κ1) is 45.7. The van der Waals surface area contributed by atoms with Crippen molar-refractivity contribution in [2.45, 2.75) is 28.5 Å². The third-order valence-corrected chi connectivity index (χ3v) is 11.4. The zero-order valence-electron chi connectivity index (χ0n) is 30.8. The molecule has 0 saturated carbocycles. The summed E-state index contributed by atoms with van der Waals surface area (Å²) in [5.74, 6) is -1.50. The lowest BCUT2D eigenvalue weighted by atomic mass is 10.2. The van der Waals surface area contributed by atoms with E-state index in [9.17, 15) is 47.6 Å². The smallest absolute Gasteiger partial charge is 0.397 e. The van der Waals surface area contributed by atoms with E-state index in [1.54, 1.807) is 25.1 Å². The van der Waals surface area contributed by atoms with Gasteiger partial charge in [-0.1, -0.05) is 6.07 Å². The predicted molar refractivity (Wildman–Crippen MR) is 208 cm³/mol. The van der Waals surface area contributed by atoms with Crippen molar-refractivity contribution < 1.29 is 65.8 Å². The van der Waals surface area contributed by atoms with Gasteiger partial charge in [-0.3, -0.25) is 18.5 Å². The second-order valence-corrected chi connectivity index (χ2v) is 17.7. The molecule has 0 radical (unpaired) electrons. The van der Waals surface area contributed by atoms with Crippen LogP contribution in [0.15, 0.2) is 100.0 Å². The average Bonchev–Trinajstić information content (AvgIpc) is 3.12. The molecule has 0 aromatic heterocycles. The van der Waals surface area contributed by atoms with E-state index in [1.165, 1.54) is 14.2 Å². The number of carbonyl (C=O) groups excluding carboxylic acids is 1. The van der Waals surface area contributed by atoms with Crippen molar-refractivity contribution in [1.82, 2.24) is 0 Å². The molecule has 0 unspecified atom stereocenters. The number of ether oxygens (including phenoxy) is 2. The van der Waals surface area contributed by atoms with Crippen LogP contribution in [0.3, 0.4) is 0 Å². The molecule has 0 aliphatic heterocycles. The number of hydrogen-bond acceptors (Lipinski definition) is 20. The van der Waals surface area contributed by atoms with Gasteiger partial charge in [-0.2, -0.15) is 25.3 Å². The van der Waals surface area contributed by atoms with Gasteiger partial charge in [0.1, 0.15) is 55.4 Å². The van der Waals surface area contributed by atoms with E-state index < -0.39 is 90.5 Å². The number of methoxy groups -OCH3 is 2. The Morgan fingerprint density at radius 2 is 1.24 bits per heavy atom. The second kappa shape index (κ2) is 17.9. The van der Waals surface area contributed by atoms with Crippen LogP contribution in [-0.4, -0.2) is 79.8 Å². The van der Waals surface area contributed by atoms with Crippen molar-refractivity contribution in [3.8, 4) is 11.5 Å². The summed E-state index contributed by atoms with van der Waals surface area (Å²) in [5, 5.41) is 26.4. The summed E-state index contributed by atoms with van der Waals surface area (Å²) in [4.78, 5) is 9.58. The molecular formula is C31H33N9O15S4. The highest BCUT2D eigenvalue weighted by Gasteiger charge is 2.25. The molecule has 0 atom stereocenters. The molecule has 24 nitrogen and oxygen atoms in total. The summed E-state index contributed by atoms with van der Waals surface area (Å²) in [5.41, 5.74) is 10.5. The number of rotatable bonds is 16. The fourth-order valence-electron chi connectivity index (χ4n) is 4.78. The zero-order valence-corrected chi connectivity index (χ0v) is 34.1. The Labute approximate surface area is 336 Å². The third kappa shape index (κ3) is 11.8. The normalized spacial score (nSPS) is 12.7. The minimum absolute atomic E-state index is 0.129. The number of nitrogens with one attached hydrogen (secondary N) is 1. The number of sulfone groups is 1. The second-order valence-electron chi connectivity index (χ2n) is 11.7. The Kier molecular flexibility index (Phi) is 13.8. The van der Waals surface area contributed by atoms with Gasteiger partial charge in [0.15, 0.2) is 9.84 Å². The van der Waals surface area contributed by atoms with Gasteiger partial charge in [-0.15, -0.1) is 30.7 Å². The quantitative estimate of drug-likeness (QED) is 0.0461. The van der Waals surface area contributed by atoms with Crippen LogP contribution < -0.4 is 26.3 Å². The van der Waals surface area contributed by atoms with Crippen molar-refractivity contribution in [3.63, 3.8) is 0 Å². The summed E-state index contributed by atoms with van der Waals surface area (Å²) in [6.45, 7) is 1.87. The first-order valence-electron chi connectivity index (χ1n) is 15.9. The number of azo groups is 3. The number of nitrogen functional groups attached to an aromatic ring is 2. The number of nitrogens with two attached hydrogens (primary N) is 2. The number of amides is 1. The summed E-state index contributed by atoms with van der Waals surface area (Å²) in [7, 11) is -17.0. The van der Waals surface area contributed by atoms with Gasteiger partial charge in [0.05, 0.1) is 48.5 Å². The van der Waals surface area contributed by atoms with Crippen LogP contribution in [0.25, 0.3) is 0 Å². The molecule has 4 rings (SSSR count). The molecule has 0 heterocycles. The van der Waals surface area contributed by atoms with Gasteiger partial charge in [-0.25, -0.2) is 12.6 Å². The number of nitrogens with zero attached hydrogens (tertiary/aromatic N) is 6. The molecule has 28 heteroatoms. The number of aryl methyl sites for hydroxylation is 1. The summed E-state index contributed by atoms with van der Waals surface area (Å²) in [6, 6.07) is 10.3. The minimum Gasteiger partial charge on any atom is -0.494 e. The molecule has 59 heavy (non-hydrogen) atoms. The number of carbonyl (C=O) groups is 1. The van der Waals surface area contributed by atoms with Crippen molar-refractivity contribution in [1.29, 1.82) is 0 Å². The Morgan fingerprint density at radius 1 is 0.661 bits per heavy atom. The van der Waals surface area contributed by atoms with E-state index in [4.69, 9.17) is 25.5 Å². The van der Waals surface area contributed by atoms with Crippen LogP contribution in [0.2, 0.25) is 0 Å². The molecular weight excluding hydrogens is 867 g/mol. The molecule has 0 saturated heterocycles. The fourth-order valence-corrected chi connectivity index (χ4v) is 7.65. The molecule has 8 N–H and O–H groups in total. The lowest BCUT2D eigenvalue weighted by Crippen LogP contribution is -2.16. The van der Waals surface area contributed by atoms with E-state index in [1.807, 2.05) is 0 Å². The Balaban J connectivity index is 1.81. The largest absolute Gasteiger partial charge is 0.494 e. The number of benzene rings is 4. The van der Waals surface area contributed by atoms with Crippen LogP contribution >= 0.6 is 0 Å². The van der Waals surface area contributed by atoms with E-state index >= 15 is 0 Å². The lowest BCUT2D eigenvalue weighted by molar-refractivity contribution is -0.114. The van der Waals surface area contributed by atoms with Crippen LogP contribution in [0, 0.1) is 6.92 Å². The Bertz CT molecular complexity index is 2870. The first-order valence-corrected chi connectivity index (χ1v) is 21.8. The predicted octanol–water partition coefficient (Wildman–Crippen LogP) is 5.47. The van der Waals surface area contributed by atoms with E-state index in [0.717, 1.165) is 42.8 Å². The molecule has 4 aromatic rings. The molecule has 0 spiro atoms. The molecule has 0 bridgehead atoms. The number of anilines is 3. The first-order chi connectivity index (χ1) is 27.3. The van der Waals surface area contributed by atoms with Crippen molar-refractivity contribution in [2.75, 3.05) is 43.4 Å². The van der Waals surface area contributed by atoms with Gasteiger partial charge < -0.3 is 26.3 Å². The maximum absolute atomic E-state index is 12.7. The van der Waals surface area contributed by atoms with Crippen LogP contribution in [-0.2, 0) is 49.5 Å². The average molecular weight is 900 g/mol. The summed E-state index contributed by atoms with van der Waals surface area (Å²) in [6.07, 6.45) is 0. The molecule has 0 fully saturated rings. The Morgan fingerprint density at radius 3 is 1.83 bits per heavy atom. The van der Waals surface area contributed by atoms with E-state index in [2.05, 4.69) is 40.2 Å². The van der Waals surface area contributed by atoms with Crippen molar-refractivity contribution in [2.24, 2.45) is 30.7 Å².